The van der Waals surface area contributed by atoms with Crippen LogP contribution in [0.15, 0.2) is 29.2 Å². The number of sulfonamides is 1. The molecule has 0 unspecified atom stereocenters. The minimum Gasteiger partial charge on any atom is -0.366 e. The molecule has 1 aromatic heterocycles. The van der Waals surface area contributed by atoms with Crippen LogP contribution < -0.4 is 9.80 Å². The fourth-order valence-electron chi connectivity index (χ4n) is 4.15. The lowest BCUT2D eigenvalue weighted by Gasteiger charge is -2.35. The van der Waals surface area contributed by atoms with E-state index in [-0.39, 0.29) is 29.6 Å². The second kappa shape index (κ2) is 7.51. The van der Waals surface area contributed by atoms with Crippen molar-refractivity contribution in [2.75, 3.05) is 36.0 Å². The fourth-order valence-corrected chi connectivity index (χ4v) is 5.58. The molecule has 2 saturated heterocycles. The Balaban J connectivity index is 1.48. The van der Waals surface area contributed by atoms with Gasteiger partial charge in [0.15, 0.2) is 0 Å². The highest BCUT2D eigenvalue weighted by Crippen LogP contribution is 2.28. The molecule has 0 spiro atoms. The molecule has 0 aliphatic carbocycles. The topological polar surface area (TPSA) is 95.8 Å². The largest absolute Gasteiger partial charge is 0.366 e. The Hall–Kier alpha value is -2.72. The Labute approximate surface area is 175 Å². The Kier molecular flexibility index (Phi) is 5.15. The minimum absolute atomic E-state index is 0.160. The van der Waals surface area contributed by atoms with E-state index < -0.39 is 10.0 Å². The first-order valence-electron chi connectivity index (χ1n) is 9.91. The lowest BCUT2D eigenvalue weighted by Crippen LogP contribution is -2.49. The first-order chi connectivity index (χ1) is 14.2. The number of aromatic nitrogens is 2. The maximum atomic E-state index is 13.1. The fraction of sp³-hybridized carbons (Fsp3) is 0.450. The van der Waals surface area contributed by atoms with Crippen molar-refractivity contribution in [2.45, 2.75) is 31.6 Å². The monoisotopic (exact) mass is 431 g/mol. The summed E-state index contributed by atoms with van der Waals surface area (Å²) in [5.74, 6) is -0.513. The van der Waals surface area contributed by atoms with Crippen LogP contribution in [0.2, 0.25) is 0 Å². The van der Waals surface area contributed by atoms with Gasteiger partial charge in [-0.3, -0.25) is 19.2 Å². The molecule has 0 bridgehead atoms. The van der Waals surface area contributed by atoms with E-state index in [1.807, 2.05) is 25.6 Å². The number of hydrogen-bond donors (Lipinski definition) is 0. The molecule has 2 fully saturated rings. The van der Waals surface area contributed by atoms with Crippen LogP contribution in [0.4, 0.5) is 11.4 Å². The molecule has 4 rings (SSSR count). The summed E-state index contributed by atoms with van der Waals surface area (Å²) in [5, 5.41) is 4.44. The maximum Gasteiger partial charge on any atom is 0.243 e. The van der Waals surface area contributed by atoms with Crippen LogP contribution in [0.1, 0.15) is 24.2 Å². The molecule has 2 amide bonds. The number of aryl methyl sites for hydroxylation is 2. The summed E-state index contributed by atoms with van der Waals surface area (Å²) >= 11 is 0. The van der Waals surface area contributed by atoms with Crippen molar-refractivity contribution in [2.24, 2.45) is 7.05 Å². The van der Waals surface area contributed by atoms with Crippen LogP contribution >= 0.6 is 0 Å². The van der Waals surface area contributed by atoms with Gasteiger partial charge < -0.3 is 4.90 Å². The third-order valence-electron chi connectivity index (χ3n) is 5.81. The molecule has 9 nitrogen and oxygen atoms in total. The van der Waals surface area contributed by atoms with E-state index in [1.54, 1.807) is 0 Å². The van der Waals surface area contributed by atoms with E-state index in [9.17, 15) is 18.0 Å². The van der Waals surface area contributed by atoms with Gasteiger partial charge in [0, 0.05) is 46.1 Å². The molecule has 1 aromatic carbocycles. The first-order valence-corrected chi connectivity index (χ1v) is 11.4. The zero-order valence-corrected chi connectivity index (χ0v) is 18.1. The molecule has 30 heavy (non-hydrogen) atoms. The molecule has 0 N–H and O–H groups in total. The summed E-state index contributed by atoms with van der Waals surface area (Å²) < 4.78 is 29.5. The number of carbonyl (C=O) groups excluding carboxylic acids is 2. The molecule has 0 atom stereocenters. The Morgan fingerprint density at radius 2 is 1.47 bits per heavy atom. The number of rotatable bonds is 4. The number of imide groups is 1. The molecule has 2 aromatic rings. The van der Waals surface area contributed by atoms with E-state index >= 15 is 0 Å². The van der Waals surface area contributed by atoms with Crippen molar-refractivity contribution in [1.82, 2.24) is 14.1 Å². The Bertz CT molecular complexity index is 1080. The number of carbonyl (C=O) groups is 2. The van der Waals surface area contributed by atoms with Crippen molar-refractivity contribution in [3.05, 3.63) is 35.7 Å². The number of piperazine rings is 1. The number of anilines is 2. The molecular weight excluding hydrogens is 406 g/mol. The predicted octanol–water partition coefficient (Wildman–Crippen LogP) is 1.20. The summed E-state index contributed by atoms with van der Waals surface area (Å²) in [6, 6.07) is 5.97. The van der Waals surface area contributed by atoms with Crippen LogP contribution in [-0.4, -0.2) is 60.5 Å². The molecule has 160 valence electrons. The van der Waals surface area contributed by atoms with Gasteiger partial charge in [-0.15, -0.1) is 0 Å². The quantitative estimate of drug-likeness (QED) is 0.675. The second-order valence-corrected chi connectivity index (χ2v) is 9.59. The van der Waals surface area contributed by atoms with Crippen LogP contribution in [0, 0.1) is 13.8 Å². The van der Waals surface area contributed by atoms with Gasteiger partial charge in [-0.25, -0.2) is 8.42 Å². The van der Waals surface area contributed by atoms with Gasteiger partial charge in [0.05, 0.1) is 27.7 Å². The number of amides is 2. The van der Waals surface area contributed by atoms with Crippen LogP contribution in [0.25, 0.3) is 0 Å². The van der Waals surface area contributed by atoms with Crippen LogP contribution in [-0.2, 0) is 26.7 Å². The normalized spacial score (nSPS) is 18.5. The smallest absolute Gasteiger partial charge is 0.243 e. The Morgan fingerprint density at radius 1 is 0.900 bits per heavy atom. The van der Waals surface area contributed by atoms with E-state index in [0.29, 0.717) is 31.9 Å². The molecular formula is C20H25N5O4S. The third kappa shape index (κ3) is 3.39. The van der Waals surface area contributed by atoms with E-state index in [2.05, 4.69) is 10.00 Å². The summed E-state index contributed by atoms with van der Waals surface area (Å²) in [7, 11) is -1.75. The minimum atomic E-state index is -3.65. The standard InChI is InChI=1S/C20H25N5O4S/c1-14-20(15(2)22(3)21-14)23-10-12-24(13-11-23)30(28,29)17-6-4-16(5-7-17)25-18(26)8-9-19(25)27/h4-7H,8-13H2,1-3H3. The second-order valence-electron chi connectivity index (χ2n) is 7.65. The predicted molar refractivity (Wildman–Crippen MR) is 112 cm³/mol. The molecule has 10 heteroatoms. The lowest BCUT2D eigenvalue weighted by atomic mass is 10.2. The zero-order valence-electron chi connectivity index (χ0n) is 17.3. The number of hydrogen-bond acceptors (Lipinski definition) is 6. The van der Waals surface area contributed by atoms with E-state index in [1.165, 1.54) is 28.6 Å². The van der Waals surface area contributed by atoms with Crippen LogP contribution in [0.5, 0.6) is 0 Å². The summed E-state index contributed by atoms with van der Waals surface area (Å²) in [5.41, 5.74) is 3.48. The first kappa shape index (κ1) is 20.5. The van der Waals surface area contributed by atoms with Crippen molar-refractivity contribution in [1.29, 1.82) is 0 Å². The van der Waals surface area contributed by atoms with Gasteiger partial charge in [0.2, 0.25) is 21.8 Å². The Morgan fingerprint density at radius 3 is 1.97 bits per heavy atom. The summed E-state index contributed by atoms with van der Waals surface area (Å²) in [6.45, 7) is 5.89. The van der Waals surface area contributed by atoms with Gasteiger partial charge >= 0.3 is 0 Å². The highest BCUT2D eigenvalue weighted by atomic mass is 32.2. The zero-order chi connectivity index (χ0) is 21.6. The molecule has 3 heterocycles. The van der Waals surface area contributed by atoms with Gasteiger partial charge in [0.25, 0.3) is 0 Å². The average molecular weight is 432 g/mol. The van der Waals surface area contributed by atoms with Gasteiger partial charge in [-0.05, 0) is 38.1 Å². The van der Waals surface area contributed by atoms with Gasteiger partial charge in [-0.2, -0.15) is 9.40 Å². The van der Waals surface area contributed by atoms with E-state index in [0.717, 1.165) is 22.0 Å². The van der Waals surface area contributed by atoms with Gasteiger partial charge in [-0.1, -0.05) is 0 Å². The number of benzene rings is 1. The maximum absolute atomic E-state index is 13.1. The average Bonchev–Trinajstić information content (AvgIpc) is 3.19. The third-order valence-corrected chi connectivity index (χ3v) is 7.72. The van der Waals surface area contributed by atoms with Crippen molar-refractivity contribution >= 4 is 33.2 Å². The molecule has 0 saturated carbocycles. The highest BCUT2D eigenvalue weighted by Gasteiger charge is 2.32. The van der Waals surface area contributed by atoms with Crippen molar-refractivity contribution in [3.8, 4) is 0 Å². The highest BCUT2D eigenvalue weighted by molar-refractivity contribution is 7.89. The molecule has 2 aliphatic heterocycles. The van der Waals surface area contributed by atoms with Crippen LogP contribution in [0.3, 0.4) is 0 Å². The summed E-state index contributed by atoms with van der Waals surface area (Å²) in [4.78, 5) is 27.2. The van der Waals surface area contributed by atoms with E-state index in [4.69, 9.17) is 0 Å². The van der Waals surface area contributed by atoms with Gasteiger partial charge in [0.1, 0.15) is 0 Å². The van der Waals surface area contributed by atoms with Crippen molar-refractivity contribution < 1.29 is 18.0 Å². The SMILES string of the molecule is Cc1nn(C)c(C)c1N1CCN(S(=O)(=O)c2ccc(N3C(=O)CCC3=O)cc2)CC1. The molecule has 0 radical (unpaired) electrons. The number of nitrogens with zero attached hydrogens (tertiary/aromatic N) is 5. The summed E-state index contributed by atoms with van der Waals surface area (Å²) in [6.07, 6.45) is 0.387. The lowest BCUT2D eigenvalue weighted by molar-refractivity contribution is -0.121. The molecule has 2 aliphatic rings. The van der Waals surface area contributed by atoms with Crippen molar-refractivity contribution in [3.63, 3.8) is 0 Å².